The zero-order valence-corrected chi connectivity index (χ0v) is 21.1. The first-order chi connectivity index (χ1) is 17.8. The second-order valence-corrected chi connectivity index (χ2v) is 9.33. The largest absolute Gasteiger partial charge is 0.490 e. The van der Waals surface area contributed by atoms with Gasteiger partial charge in [0.25, 0.3) is 21.6 Å². The van der Waals surface area contributed by atoms with Gasteiger partial charge in [-0.2, -0.15) is 5.10 Å². The Morgan fingerprint density at radius 3 is 2.38 bits per heavy atom. The van der Waals surface area contributed by atoms with Gasteiger partial charge in [0, 0.05) is 12.1 Å². The van der Waals surface area contributed by atoms with Crippen LogP contribution in [0.2, 0.25) is 0 Å². The molecule has 0 spiro atoms. The van der Waals surface area contributed by atoms with Crippen LogP contribution in [0, 0.1) is 10.1 Å². The molecule has 1 amide bonds. The van der Waals surface area contributed by atoms with Gasteiger partial charge in [-0.1, -0.05) is 24.3 Å². The average Bonchev–Trinajstić information content (AvgIpc) is 2.89. The molecule has 0 aliphatic heterocycles. The lowest BCUT2D eigenvalue weighted by Gasteiger charge is -2.23. The van der Waals surface area contributed by atoms with Gasteiger partial charge in [-0.05, 0) is 55.8 Å². The number of nitrogens with one attached hydrogen (secondary N) is 1. The number of carbonyl (C=O) groups excluding carboxylic acids is 1. The molecule has 0 radical (unpaired) electrons. The lowest BCUT2D eigenvalue weighted by atomic mass is 10.2. The van der Waals surface area contributed by atoms with Crippen LogP contribution in [0.1, 0.15) is 19.4 Å². The second-order valence-electron chi connectivity index (χ2n) is 7.47. The molecule has 12 heteroatoms. The normalized spacial score (nSPS) is 11.2. The number of nitrogens with zero attached hydrogens (tertiary/aromatic N) is 3. The molecule has 0 unspecified atom stereocenters. The topological polar surface area (TPSA) is 140 Å². The summed E-state index contributed by atoms with van der Waals surface area (Å²) in [5.74, 6) is 0.341. The van der Waals surface area contributed by atoms with E-state index >= 15 is 0 Å². The molecular weight excluding hydrogens is 500 g/mol. The number of hydrogen-bond acceptors (Lipinski definition) is 8. The molecule has 1 N–H and O–H groups in total. The first-order valence-corrected chi connectivity index (χ1v) is 12.7. The number of nitro benzene ring substituents is 1. The van der Waals surface area contributed by atoms with Gasteiger partial charge >= 0.3 is 0 Å². The first kappa shape index (κ1) is 27.1. The van der Waals surface area contributed by atoms with E-state index < -0.39 is 27.4 Å². The van der Waals surface area contributed by atoms with Crippen LogP contribution in [0.4, 0.5) is 11.4 Å². The number of hydrogen-bond donors (Lipinski definition) is 1. The van der Waals surface area contributed by atoms with Gasteiger partial charge < -0.3 is 9.47 Å². The number of sulfonamides is 1. The lowest BCUT2D eigenvalue weighted by molar-refractivity contribution is -0.384. The molecule has 37 heavy (non-hydrogen) atoms. The molecule has 3 aromatic rings. The summed E-state index contributed by atoms with van der Waals surface area (Å²) in [6.45, 7) is 3.93. The van der Waals surface area contributed by atoms with Crippen LogP contribution < -0.4 is 19.2 Å². The fourth-order valence-electron chi connectivity index (χ4n) is 3.29. The maximum absolute atomic E-state index is 13.3. The zero-order valence-electron chi connectivity index (χ0n) is 20.2. The molecular formula is C25H26N4O7S. The van der Waals surface area contributed by atoms with E-state index in [9.17, 15) is 23.3 Å². The van der Waals surface area contributed by atoms with E-state index in [1.807, 2.05) is 13.8 Å². The van der Waals surface area contributed by atoms with Crippen LogP contribution in [-0.2, 0) is 14.8 Å². The Balaban J connectivity index is 1.83. The highest BCUT2D eigenvalue weighted by atomic mass is 32.2. The minimum absolute atomic E-state index is 0.0370. The highest BCUT2D eigenvalue weighted by Crippen LogP contribution is 2.28. The fourth-order valence-corrected chi connectivity index (χ4v) is 4.72. The van der Waals surface area contributed by atoms with Gasteiger partial charge in [0.15, 0.2) is 11.5 Å². The standard InChI is InChI=1S/C25H26N4O7S/c1-3-35-23-14-13-19(15-24(23)36-4-2)17-26-27-25(30)18-28(20-9-8-10-21(16-20)29(31)32)37(33,34)22-11-6-5-7-12-22/h5-17H,3-4,18H2,1-2H3,(H,27,30)/b26-17-. The summed E-state index contributed by atoms with van der Waals surface area (Å²) in [6, 6.07) is 17.6. The quantitative estimate of drug-likeness (QED) is 0.215. The Morgan fingerprint density at radius 2 is 1.70 bits per heavy atom. The van der Waals surface area contributed by atoms with Crippen molar-refractivity contribution < 1.29 is 27.6 Å². The molecule has 0 aliphatic carbocycles. The lowest BCUT2D eigenvalue weighted by Crippen LogP contribution is -2.39. The van der Waals surface area contributed by atoms with Crippen molar-refractivity contribution in [2.45, 2.75) is 18.7 Å². The van der Waals surface area contributed by atoms with Crippen molar-refractivity contribution in [3.63, 3.8) is 0 Å². The van der Waals surface area contributed by atoms with E-state index in [0.717, 1.165) is 10.4 Å². The number of non-ortho nitro benzene ring substituents is 1. The summed E-state index contributed by atoms with van der Waals surface area (Å²) in [6.07, 6.45) is 1.37. The Kier molecular flexibility index (Phi) is 9.16. The van der Waals surface area contributed by atoms with Crippen molar-refractivity contribution in [3.05, 3.63) is 88.5 Å². The summed E-state index contributed by atoms with van der Waals surface area (Å²) in [4.78, 5) is 23.2. The Hall–Kier alpha value is -4.45. The third-order valence-electron chi connectivity index (χ3n) is 4.92. The monoisotopic (exact) mass is 526 g/mol. The molecule has 0 aliphatic rings. The highest BCUT2D eigenvalue weighted by Gasteiger charge is 2.28. The number of rotatable bonds is 12. The number of carbonyl (C=O) groups is 1. The molecule has 0 fully saturated rings. The number of ether oxygens (including phenoxy) is 2. The number of anilines is 1. The van der Waals surface area contributed by atoms with Gasteiger partial charge in [0.2, 0.25) is 0 Å². The molecule has 0 atom stereocenters. The predicted molar refractivity (Wildman–Crippen MR) is 139 cm³/mol. The first-order valence-electron chi connectivity index (χ1n) is 11.3. The molecule has 194 valence electrons. The van der Waals surface area contributed by atoms with Crippen molar-refractivity contribution in [2.75, 3.05) is 24.1 Å². The summed E-state index contributed by atoms with van der Waals surface area (Å²) < 4.78 is 38.6. The number of nitro groups is 1. The predicted octanol–water partition coefficient (Wildman–Crippen LogP) is 3.74. The molecule has 0 saturated heterocycles. The van der Waals surface area contributed by atoms with E-state index in [-0.39, 0.29) is 16.3 Å². The minimum Gasteiger partial charge on any atom is -0.490 e. The molecule has 11 nitrogen and oxygen atoms in total. The SMILES string of the molecule is CCOc1ccc(/C=N\NC(=O)CN(c2cccc([N+](=O)[O-])c2)S(=O)(=O)c2ccccc2)cc1OCC. The van der Waals surface area contributed by atoms with Crippen molar-refractivity contribution in [2.24, 2.45) is 5.10 Å². The minimum atomic E-state index is -4.22. The Labute approximate surface area is 214 Å². The van der Waals surface area contributed by atoms with Crippen LogP contribution in [-0.4, -0.2) is 45.2 Å². The van der Waals surface area contributed by atoms with E-state index in [4.69, 9.17) is 9.47 Å². The average molecular weight is 527 g/mol. The van der Waals surface area contributed by atoms with Gasteiger partial charge in [0.1, 0.15) is 6.54 Å². The fraction of sp³-hybridized carbons (Fsp3) is 0.200. The number of hydrazone groups is 1. The maximum Gasteiger partial charge on any atom is 0.271 e. The molecule has 0 heterocycles. The van der Waals surface area contributed by atoms with Gasteiger partial charge in [-0.25, -0.2) is 13.8 Å². The third kappa shape index (κ3) is 7.04. The van der Waals surface area contributed by atoms with Crippen molar-refractivity contribution in [1.82, 2.24) is 5.43 Å². The molecule has 3 rings (SSSR count). The van der Waals surface area contributed by atoms with Crippen LogP contribution >= 0.6 is 0 Å². The van der Waals surface area contributed by atoms with Crippen molar-refractivity contribution in [1.29, 1.82) is 0 Å². The van der Waals surface area contributed by atoms with E-state index in [1.54, 1.807) is 24.3 Å². The van der Waals surface area contributed by atoms with Gasteiger partial charge in [0.05, 0.1) is 34.9 Å². The summed E-state index contributed by atoms with van der Waals surface area (Å²) in [5.41, 5.74) is 2.56. The molecule has 0 saturated carbocycles. The van der Waals surface area contributed by atoms with Crippen LogP contribution in [0.3, 0.4) is 0 Å². The number of amides is 1. The Morgan fingerprint density at radius 1 is 1.00 bits per heavy atom. The molecule has 0 aromatic heterocycles. The van der Waals surface area contributed by atoms with Crippen LogP contribution in [0.15, 0.2) is 82.8 Å². The number of benzene rings is 3. The smallest absolute Gasteiger partial charge is 0.271 e. The van der Waals surface area contributed by atoms with Crippen LogP contribution in [0.5, 0.6) is 11.5 Å². The molecule has 3 aromatic carbocycles. The van der Waals surface area contributed by atoms with Crippen molar-refractivity contribution >= 4 is 33.5 Å². The summed E-state index contributed by atoms with van der Waals surface area (Å²) >= 11 is 0. The van der Waals surface area contributed by atoms with E-state index in [2.05, 4.69) is 10.5 Å². The van der Waals surface area contributed by atoms with Crippen molar-refractivity contribution in [3.8, 4) is 11.5 Å². The maximum atomic E-state index is 13.3. The highest BCUT2D eigenvalue weighted by molar-refractivity contribution is 7.92. The third-order valence-corrected chi connectivity index (χ3v) is 6.71. The van der Waals surface area contributed by atoms with Crippen LogP contribution in [0.25, 0.3) is 0 Å². The zero-order chi connectivity index (χ0) is 26.8. The summed E-state index contributed by atoms with van der Waals surface area (Å²) in [7, 11) is -4.22. The molecule has 0 bridgehead atoms. The van der Waals surface area contributed by atoms with E-state index in [1.165, 1.54) is 48.7 Å². The second kappa shape index (κ2) is 12.5. The van der Waals surface area contributed by atoms with Gasteiger partial charge in [-0.15, -0.1) is 0 Å². The van der Waals surface area contributed by atoms with Gasteiger partial charge in [-0.3, -0.25) is 19.2 Å². The summed E-state index contributed by atoms with van der Waals surface area (Å²) in [5, 5.41) is 15.2. The van der Waals surface area contributed by atoms with E-state index in [0.29, 0.717) is 30.3 Å². The Bertz CT molecular complexity index is 1380.